The maximum absolute atomic E-state index is 11.5. The standard InChI is InChI=1S/C21H19N2O2.C11H20O2.Ir/c1-2-21(12-24-13-21)14-25-18-9-5-8-17-19(18)23-11-10-15-6-3-4-7-16(15)20(23)22-17;1-10(2,3)8(12)7-9(13)11(4,5)6;/h3-6,8-11H,2,12-14H2,1H3;7,12H,1-6H3;/q-1;;. The number of nitrogens with zero attached hydrogens (tertiary/aromatic N) is 2. The first kappa shape index (κ1) is 30.8. The number of hydrogen-bond acceptors (Lipinski definition) is 5. The molecule has 4 aromatic rings. The normalized spacial score (nSPS) is 15.3. The van der Waals surface area contributed by atoms with E-state index in [-0.39, 0.29) is 42.5 Å². The summed E-state index contributed by atoms with van der Waals surface area (Å²) in [6.45, 7) is 15.6. The summed E-state index contributed by atoms with van der Waals surface area (Å²) in [5.74, 6) is 0.979. The van der Waals surface area contributed by atoms with Crippen molar-refractivity contribution in [3.05, 3.63) is 66.6 Å². The molecule has 1 fully saturated rings. The van der Waals surface area contributed by atoms with Crippen LogP contribution in [0.15, 0.2) is 60.5 Å². The number of para-hydroxylation sites is 1. The zero-order chi connectivity index (χ0) is 27.7. The fourth-order valence-corrected chi connectivity index (χ4v) is 4.06. The van der Waals surface area contributed by atoms with Gasteiger partial charge < -0.3 is 19.0 Å². The Morgan fingerprint density at radius 3 is 2.44 bits per heavy atom. The van der Waals surface area contributed by atoms with Gasteiger partial charge in [0.05, 0.1) is 36.4 Å². The minimum atomic E-state index is -0.417. The molecule has 2 aromatic carbocycles. The topological polar surface area (TPSA) is 73.1 Å². The zero-order valence-electron chi connectivity index (χ0n) is 23.9. The molecule has 1 aliphatic heterocycles. The molecular weight excluding hydrogens is 669 g/mol. The van der Waals surface area contributed by atoms with Gasteiger partial charge in [0.25, 0.3) is 0 Å². The number of pyridine rings is 1. The van der Waals surface area contributed by atoms with Gasteiger partial charge in [-0.05, 0) is 24.8 Å². The minimum absolute atomic E-state index is 0. The summed E-state index contributed by atoms with van der Waals surface area (Å²) in [4.78, 5) is 16.3. The number of ketones is 1. The summed E-state index contributed by atoms with van der Waals surface area (Å²) < 4.78 is 13.8. The summed E-state index contributed by atoms with van der Waals surface area (Å²) in [6.07, 6.45) is 4.46. The molecule has 1 N–H and O–H groups in total. The number of aromatic nitrogens is 2. The van der Waals surface area contributed by atoms with E-state index < -0.39 is 5.41 Å². The molecule has 0 spiro atoms. The third kappa shape index (κ3) is 6.71. The molecule has 0 amide bonds. The summed E-state index contributed by atoms with van der Waals surface area (Å²) in [6, 6.07) is 17.5. The summed E-state index contributed by atoms with van der Waals surface area (Å²) in [5, 5.41) is 11.7. The van der Waals surface area contributed by atoms with Gasteiger partial charge in [-0.3, -0.25) is 9.78 Å². The second kappa shape index (κ2) is 11.8. The van der Waals surface area contributed by atoms with Gasteiger partial charge in [-0.1, -0.05) is 60.6 Å². The van der Waals surface area contributed by atoms with E-state index in [0.717, 1.165) is 52.8 Å². The maximum atomic E-state index is 11.5. The van der Waals surface area contributed by atoms with E-state index in [2.05, 4.69) is 35.7 Å². The molecule has 0 saturated carbocycles. The van der Waals surface area contributed by atoms with Gasteiger partial charge in [0.1, 0.15) is 17.0 Å². The molecule has 211 valence electrons. The van der Waals surface area contributed by atoms with Gasteiger partial charge in [0.2, 0.25) is 0 Å². The Morgan fingerprint density at radius 2 is 1.85 bits per heavy atom. The summed E-state index contributed by atoms with van der Waals surface area (Å²) >= 11 is 0. The smallest absolute Gasteiger partial charge is 0.164 e. The molecule has 0 unspecified atom stereocenters. The molecule has 7 heteroatoms. The summed E-state index contributed by atoms with van der Waals surface area (Å²) in [7, 11) is 0. The number of carbonyl (C=O) groups is 1. The molecule has 1 radical (unpaired) electrons. The number of rotatable bonds is 5. The predicted molar refractivity (Wildman–Crippen MR) is 153 cm³/mol. The van der Waals surface area contributed by atoms with E-state index >= 15 is 0 Å². The van der Waals surface area contributed by atoms with Gasteiger partial charge >= 0.3 is 0 Å². The Hall–Kier alpha value is -2.73. The number of aliphatic hydroxyl groups excluding tert-OH is 1. The van der Waals surface area contributed by atoms with Crippen LogP contribution >= 0.6 is 0 Å². The maximum Gasteiger partial charge on any atom is 0.164 e. The number of carbonyl (C=O) groups excluding carboxylic acids is 1. The second-order valence-corrected chi connectivity index (χ2v) is 12.3. The fourth-order valence-electron chi connectivity index (χ4n) is 4.06. The predicted octanol–water partition coefficient (Wildman–Crippen LogP) is 7.33. The molecule has 0 bridgehead atoms. The quantitative estimate of drug-likeness (QED) is 0.134. The Balaban J connectivity index is 0.000000260. The van der Waals surface area contributed by atoms with Crippen LogP contribution in [0.25, 0.3) is 27.5 Å². The van der Waals surface area contributed by atoms with Crippen LogP contribution in [-0.2, 0) is 29.6 Å². The third-order valence-corrected chi connectivity index (χ3v) is 7.06. The van der Waals surface area contributed by atoms with E-state index in [1.54, 1.807) is 0 Å². The molecule has 3 heterocycles. The van der Waals surface area contributed by atoms with Gasteiger partial charge in [-0.2, -0.15) is 0 Å². The Morgan fingerprint density at radius 1 is 1.13 bits per heavy atom. The van der Waals surface area contributed by atoms with Crippen molar-refractivity contribution >= 4 is 33.2 Å². The van der Waals surface area contributed by atoms with Crippen molar-refractivity contribution in [2.24, 2.45) is 16.2 Å². The van der Waals surface area contributed by atoms with Crippen molar-refractivity contribution in [1.29, 1.82) is 0 Å². The molecular formula is C32H39IrN2O4-. The Kier molecular flexibility index (Phi) is 9.31. The number of allylic oxidation sites excluding steroid dienone is 2. The van der Waals surface area contributed by atoms with Crippen LogP contribution < -0.4 is 4.74 Å². The van der Waals surface area contributed by atoms with Gasteiger partial charge in [-0.25, -0.2) is 0 Å². The largest absolute Gasteiger partial charge is 0.512 e. The molecule has 39 heavy (non-hydrogen) atoms. The molecule has 1 aliphatic rings. The molecule has 0 aliphatic carbocycles. The van der Waals surface area contributed by atoms with Crippen molar-refractivity contribution in [3.63, 3.8) is 0 Å². The number of hydrogen-bond donors (Lipinski definition) is 1. The van der Waals surface area contributed by atoms with Crippen molar-refractivity contribution in [2.75, 3.05) is 19.8 Å². The number of aliphatic hydroxyl groups is 1. The fraction of sp³-hybridized carbons (Fsp3) is 0.438. The molecule has 1 saturated heterocycles. The van der Waals surface area contributed by atoms with Gasteiger partial charge in [0, 0.05) is 37.0 Å². The van der Waals surface area contributed by atoms with E-state index in [1.807, 2.05) is 71.9 Å². The van der Waals surface area contributed by atoms with Gasteiger partial charge in [-0.15, -0.1) is 35.0 Å². The molecule has 0 atom stereocenters. The first-order chi connectivity index (χ1) is 17.8. The number of imidazole rings is 1. The first-order valence-corrected chi connectivity index (χ1v) is 13.2. The zero-order valence-corrected chi connectivity index (χ0v) is 26.3. The third-order valence-electron chi connectivity index (χ3n) is 7.06. The second-order valence-electron chi connectivity index (χ2n) is 12.3. The van der Waals surface area contributed by atoms with Crippen LogP contribution in [0.1, 0.15) is 54.9 Å². The molecule has 5 rings (SSSR count). The van der Waals surface area contributed by atoms with Crippen molar-refractivity contribution in [2.45, 2.75) is 54.9 Å². The van der Waals surface area contributed by atoms with E-state index in [9.17, 15) is 9.90 Å². The Labute approximate surface area is 244 Å². The van der Waals surface area contributed by atoms with Crippen LogP contribution in [0.3, 0.4) is 0 Å². The van der Waals surface area contributed by atoms with Crippen LogP contribution in [0.2, 0.25) is 0 Å². The van der Waals surface area contributed by atoms with Crippen LogP contribution in [-0.4, -0.2) is 40.1 Å². The van der Waals surface area contributed by atoms with Crippen LogP contribution in [0.5, 0.6) is 5.75 Å². The van der Waals surface area contributed by atoms with E-state index in [1.165, 1.54) is 6.08 Å². The average Bonchev–Trinajstić information content (AvgIpc) is 3.23. The Bertz CT molecular complexity index is 1480. The van der Waals surface area contributed by atoms with Crippen molar-refractivity contribution in [1.82, 2.24) is 9.38 Å². The van der Waals surface area contributed by atoms with Crippen LogP contribution in [0.4, 0.5) is 0 Å². The molecule has 2 aromatic heterocycles. The number of ether oxygens (including phenoxy) is 2. The summed E-state index contributed by atoms with van der Waals surface area (Å²) in [5.41, 5.74) is 2.27. The minimum Gasteiger partial charge on any atom is -0.512 e. The molecule has 6 nitrogen and oxygen atoms in total. The monoisotopic (exact) mass is 708 g/mol. The van der Waals surface area contributed by atoms with Crippen molar-refractivity contribution < 1.29 is 39.5 Å². The average molecular weight is 708 g/mol. The first-order valence-electron chi connectivity index (χ1n) is 13.2. The number of benzene rings is 2. The van der Waals surface area contributed by atoms with Crippen molar-refractivity contribution in [3.8, 4) is 5.75 Å². The number of fused-ring (bicyclic) bond motifs is 5. The van der Waals surface area contributed by atoms with Gasteiger partial charge in [0.15, 0.2) is 5.78 Å². The van der Waals surface area contributed by atoms with E-state index in [0.29, 0.717) is 6.61 Å². The van der Waals surface area contributed by atoms with Crippen LogP contribution in [0, 0.1) is 22.3 Å². The SMILES string of the molecule is CC(C)(C)C(=O)C=C(O)C(C)(C)C.CCC1(COc2cccc3nc4c5[c-]cccc5ccn4c23)COC1.[Ir]. The van der Waals surface area contributed by atoms with E-state index in [4.69, 9.17) is 14.5 Å².